The summed E-state index contributed by atoms with van der Waals surface area (Å²) in [5.74, 6) is 0.712. The van der Waals surface area contributed by atoms with E-state index in [0.717, 1.165) is 29.5 Å². The fourth-order valence-corrected chi connectivity index (χ4v) is 2.58. The molecule has 1 aromatic carbocycles. The first kappa shape index (κ1) is 13.4. The number of halogens is 1. The van der Waals surface area contributed by atoms with Crippen LogP contribution in [0.3, 0.4) is 0 Å². The van der Waals surface area contributed by atoms with E-state index in [1.165, 1.54) is 0 Å². The summed E-state index contributed by atoms with van der Waals surface area (Å²) in [5, 5.41) is 6.17. The first-order chi connectivity index (χ1) is 8.53. The molecule has 0 aromatic heterocycles. The van der Waals surface area contributed by atoms with Crippen LogP contribution in [0.1, 0.15) is 19.8 Å². The van der Waals surface area contributed by atoms with Gasteiger partial charge in [0, 0.05) is 16.2 Å². The lowest BCUT2D eigenvalue weighted by molar-refractivity contribution is -0.121. The van der Waals surface area contributed by atoms with Crippen LogP contribution >= 0.6 is 15.9 Å². The Morgan fingerprint density at radius 1 is 1.50 bits per heavy atom. The van der Waals surface area contributed by atoms with Crippen LogP contribution in [0.4, 0.5) is 5.69 Å². The summed E-state index contributed by atoms with van der Waals surface area (Å²) in [6.45, 7) is 2.83. The highest BCUT2D eigenvalue weighted by molar-refractivity contribution is 9.10. The summed E-state index contributed by atoms with van der Waals surface area (Å²) in [4.78, 5) is 12.2. The van der Waals surface area contributed by atoms with Gasteiger partial charge in [-0.1, -0.05) is 15.9 Å². The van der Waals surface area contributed by atoms with Crippen molar-refractivity contribution < 1.29 is 9.53 Å². The van der Waals surface area contributed by atoms with E-state index in [-0.39, 0.29) is 5.91 Å². The molecule has 1 atom stereocenters. The van der Waals surface area contributed by atoms with E-state index in [1.807, 2.05) is 19.1 Å². The number of methoxy groups -OCH3 is 1. The number of anilines is 1. The molecule has 98 valence electrons. The van der Waals surface area contributed by atoms with Crippen LogP contribution < -0.4 is 15.4 Å². The van der Waals surface area contributed by atoms with E-state index >= 15 is 0 Å². The SMILES string of the molecule is COc1cc(Br)cc(NC(=O)C2(C)CCCN2)c1. The summed E-state index contributed by atoms with van der Waals surface area (Å²) in [6, 6.07) is 5.52. The Morgan fingerprint density at radius 2 is 2.28 bits per heavy atom. The van der Waals surface area contributed by atoms with E-state index in [1.54, 1.807) is 13.2 Å². The third-order valence-corrected chi connectivity index (χ3v) is 3.69. The van der Waals surface area contributed by atoms with Gasteiger partial charge in [-0.05, 0) is 38.4 Å². The molecule has 1 saturated heterocycles. The van der Waals surface area contributed by atoms with Crippen molar-refractivity contribution in [3.05, 3.63) is 22.7 Å². The lowest BCUT2D eigenvalue weighted by Gasteiger charge is -2.23. The molecule has 2 N–H and O–H groups in total. The maximum absolute atomic E-state index is 12.2. The highest BCUT2D eigenvalue weighted by atomic mass is 79.9. The Hall–Kier alpha value is -1.07. The second kappa shape index (κ2) is 5.28. The van der Waals surface area contributed by atoms with E-state index in [4.69, 9.17) is 4.74 Å². The summed E-state index contributed by atoms with van der Waals surface area (Å²) < 4.78 is 6.05. The third-order valence-electron chi connectivity index (χ3n) is 3.23. The Bertz CT molecular complexity index is 456. The van der Waals surface area contributed by atoms with Crippen molar-refractivity contribution in [2.75, 3.05) is 19.0 Å². The third kappa shape index (κ3) is 2.84. The highest BCUT2D eigenvalue weighted by Crippen LogP contribution is 2.26. The number of carbonyl (C=O) groups excluding carboxylic acids is 1. The van der Waals surface area contributed by atoms with Gasteiger partial charge in [-0.3, -0.25) is 4.79 Å². The van der Waals surface area contributed by atoms with Gasteiger partial charge in [-0.15, -0.1) is 0 Å². The number of ether oxygens (including phenoxy) is 1. The zero-order chi connectivity index (χ0) is 13.2. The van der Waals surface area contributed by atoms with Crippen molar-refractivity contribution in [3.8, 4) is 5.75 Å². The number of rotatable bonds is 3. The normalized spacial score (nSPS) is 22.8. The van der Waals surface area contributed by atoms with Gasteiger partial charge in [-0.2, -0.15) is 0 Å². The largest absolute Gasteiger partial charge is 0.497 e. The van der Waals surface area contributed by atoms with Crippen molar-refractivity contribution in [1.29, 1.82) is 0 Å². The minimum atomic E-state index is -0.463. The van der Waals surface area contributed by atoms with Crippen molar-refractivity contribution in [2.45, 2.75) is 25.3 Å². The lowest BCUT2D eigenvalue weighted by atomic mass is 9.99. The number of hydrogen-bond acceptors (Lipinski definition) is 3. The van der Waals surface area contributed by atoms with Crippen LogP contribution in [0.25, 0.3) is 0 Å². The molecule has 0 aliphatic carbocycles. The number of carbonyl (C=O) groups is 1. The molecule has 0 radical (unpaired) electrons. The zero-order valence-corrected chi connectivity index (χ0v) is 12.1. The molecule has 2 rings (SSSR count). The average molecular weight is 313 g/mol. The summed E-state index contributed by atoms with van der Waals surface area (Å²) in [6.07, 6.45) is 1.90. The maximum Gasteiger partial charge on any atom is 0.244 e. The van der Waals surface area contributed by atoms with Gasteiger partial charge in [0.15, 0.2) is 0 Å². The predicted molar refractivity (Wildman–Crippen MR) is 75.0 cm³/mol. The summed E-state index contributed by atoms with van der Waals surface area (Å²) in [7, 11) is 1.60. The molecule has 1 aliphatic heterocycles. The van der Waals surface area contributed by atoms with Crippen molar-refractivity contribution >= 4 is 27.5 Å². The number of benzene rings is 1. The second-order valence-corrected chi connectivity index (χ2v) is 5.61. The van der Waals surface area contributed by atoms with Crippen molar-refractivity contribution in [2.24, 2.45) is 0 Å². The molecule has 1 fully saturated rings. The molecule has 4 nitrogen and oxygen atoms in total. The monoisotopic (exact) mass is 312 g/mol. The van der Waals surface area contributed by atoms with Crippen LogP contribution in [0.15, 0.2) is 22.7 Å². The molecule has 0 saturated carbocycles. The van der Waals surface area contributed by atoms with Gasteiger partial charge in [0.2, 0.25) is 5.91 Å². The molecule has 0 bridgehead atoms. The number of hydrogen-bond donors (Lipinski definition) is 2. The van der Waals surface area contributed by atoms with Gasteiger partial charge in [0.25, 0.3) is 0 Å². The molecule has 1 heterocycles. The van der Waals surface area contributed by atoms with Gasteiger partial charge < -0.3 is 15.4 Å². The van der Waals surface area contributed by atoms with Gasteiger partial charge in [0.05, 0.1) is 12.6 Å². The van der Waals surface area contributed by atoms with Crippen LogP contribution in [-0.2, 0) is 4.79 Å². The van der Waals surface area contributed by atoms with Crippen LogP contribution in [0.5, 0.6) is 5.75 Å². The topological polar surface area (TPSA) is 50.4 Å². The van der Waals surface area contributed by atoms with E-state index in [0.29, 0.717) is 5.75 Å². The molecular formula is C13H17BrN2O2. The highest BCUT2D eigenvalue weighted by Gasteiger charge is 2.35. The van der Waals surface area contributed by atoms with Crippen molar-refractivity contribution in [1.82, 2.24) is 5.32 Å². The summed E-state index contributed by atoms with van der Waals surface area (Å²) >= 11 is 3.39. The molecule has 1 aliphatic rings. The molecule has 5 heteroatoms. The average Bonchev–Trinajstić information content (AvgIpc) is 2.76. The zero-order valence-electron chi connectivity index (χ0n) is 10.5. The second-order valence-electron chi connectivity index (χ2n) is 4.70. The van der Waals surface area contributed by atoms with E-state index in [9.17, 15) is 4.79 Å². The summed E-state index contributed by atoms with van der Waals surface area (Å²) in [5.41, 5.74) is 0.274. The fourth-order valence-electron chi connectivity index (χ4n) is 2.11. The first-order valence-electron chi connectivity index (χ1n) is 5.94. The molecule has 1 unspecified atom stereocenters. The van der Waals surface area contributed by atoms with Crippen molar-refractivity contribution in [3.63, 3.8) is 0 Å². The van der Waals surface area contributed by atoms with Gasteiger partial charge >= 0.3 is 0 Å². The van der Waals surface area contributed by atoms with Gasteiger partial charge in [0.1, 0.15) is 5.75 Å². The van der Waals surface area contributed by atoms with Gasteiger partial charge in [-0.25, -0.2) is 0 Å². The Morgan fingerprint density at radius 3 is 2.89 bits per heavy atom. The number of amides is 1. The quantitative estimate of drug-likeness (QED) is 0.901. The van der Waals surface area contributed by atoms with Crippen LogP contribution in [0.2, 0.25) is 0 Å². The minimum Gasteiger partial charge on any atom is -0.497 e. The maximum atomic E-state index is 12.2. The predicted octanol–water partition coefficient (Wildman–Crippen LogP) is 2.54. The Balaban J connectivity index is 2.13. The Kier molecular flexibility index (Phi) is 3.92. The molecular weight excluding hydrogens is 296 g/mol. The molecule has 18 heavy (non-hydrogen) atoms. The molecule has 1 aromatic rings. The van der Waals surface area contributed by atoms with Crippen LogP contribution in [-0.4, -0.2) is 25.1 Å². The Labute approximate surface area is 115 Å². The smallest absolute Gasteiger partial charge is 0.244 e. The first-order valence-corrected chi connectivity index (χ1v) is 6.74. The standard InChI is InChI=1S/C13H17BrN2O2/c1-13(4-3-5-15-13)12(17)16-10-6-9(14)7-11(8-10)18-2/h6-8,15H,3-5H2,1-2H3,(H,16,17). The lowest BCUT2D eigenvalue weighted by Crippen LogP contribution is -2.47. The minimum absolute atomic E-state index is 0.000142. The van der Waals surface area contributed by atoms with E-state index in [2.05, 4.69) is 26.6 Å². The van der Waals surface area contributed by atoms with Crippen LogP contribution in [0, 0.1) is 0 Å². The fraction of sp³-hybridized carbons (Fsp3) is 0.462. The van der Waals surface area contributed by atoms with E-state index < -0.39 is 5.54 Å². The molecule has 1 amide bonds. The molecule has 0 spiro atoms. The number of nitrogens with one attached hydrogen (secondary N) is 2.